The van der Waals surface area contributed by atoms with E-state index < -0.39 is 47.1 Å². The van der Waals surface area contributed by atoms with Crippen LogP contribution < -0.4 is 5.32 Å². The molecule has 0 bridgehead atoms. The first-order chi connectivity index (χ1) is 10.3. The van der Waals surface area contributed by atoms with E-state index in [1.165, 1.54) is 6.92 Å². The zero-order chi connectivity index (χ0) is 16.9. The second-order valence-electron chi connectivity index (χ2n) is 5.00. The topological polar surface area (TPSA) is 79.2 Å². The Morgan fingerprint density at radius 3 is 2.23 bits per heavy atom. The number of hydrogen-bond acceptors (Lipinski definition) is 4. The van der Waals surface area contributed by atoms with Crippen LogP contribution in [0, 0.1) is 28.9 Å². The van der Waals surface area contributed by atoms with Crippen LogP contribution in [0.15, 0.2) is 18.2 Å². The van der Waals surface area contributed by atoms with Crippen molar-refractivity contribution < 1.29 is 23.1 Å². The number of halogens is 2. The van der Waals surface area contributed by atoms with E-state index >= 15 is 0 Å². The van der Waals surface area contributed by atoms with Gasteiger partial charge in [0, 0.05) is 0 Å². The highest BCUT2D eigenvalue weighted by molar-refractivity contribution is 5.97. The maximum absolute atomic E-state index is 13.6. The van der Waals surface area contributed by atoms with E-state index in [4.69, 9.17) is 10.00 Å². The summed E-state index contributed by atoms with van der Waals surface area (Å²) in [6.45, 7) is 4.62. The fourth-order valence-corrected chi connectivity index (χ4v) is 1.70. The van der Waals surface area contributed by atoms with Gasteiger partial charge in [0.05, 0.1) is 0 Å². The minimum Gasteiger partial charge on any atom is -0.446 e. The van der Waals surface area contributed by atoms with E-state index in [0.717, 1.165) is 18.2 Å². The lowest BCUT2D eigenvalue weighted by molar-refractivity contribution is -0.149. The number of nitrogens with one attached hydrogen (secondary N) is 1. The summed E-state index contributed by atoms with van der Waals surface area (Å²) in [5.41, 5.74) is -0.769. The monoisotopic (exact) mass is 310 g/mol. The van der Waals surface area contributed by atoms with Gasteiger partial charge in [0.1, 0.15) is 29.3 Å². The number of rotatable bonds is 5. The molecular weight excluding hydrogens is 294 g/mol. The molecule has 0 aromatic heterocycles. The molecule has 0 aliphatic rings. The average molecular weight is 310 g/mol. The maximum Gasteiger partial charge on any atom is 0.330 e. The van der Waals surface area contributed by atoms with Gasteiger partial charge in [-0.25, -0.2) is 13.6 Å². The summed E-state index contributed by atoms with van der Waals surface area (Å²) < 4.78 is 31.9. The van der Waals surface area contributed by atoms with Gasteiger partial charge in [-0.1, -0.05) is 19.9 Å². The molecule has 0 aliphatic heterocycles. The Balaban J connectivity index is 2.95. The predicted molar refractivity (Wildman–Crippen MR) is 73.6 cm³/mol. The molecule has 2 atom stereocenters. The molecule has 0 saturated heterocycles. The number of esters is 1. The molecule has 7 heteroatoms. The van der Waals surface area contributed by atoms with Gasteiger partial charge in [0.25, 0.3) is 5.91 Å². The lowest BCUT2D eigenvalue weighted by atomic mass is 10.0. The van der Waals surface area contributed by atoms with E-state index in [-0.39, 0.29) is 0 Å². The van der Waals surface area contributed by atoms with Gasteiger partial charge in [-0.05, 0) is 25.0 Å². The Labute approximate surface area is 126 Å². The summed E-state index contributed by atoms with van der Waals surface area (Å²) in [5.74, 6) is -4.35. The molecule has 1 N–H and O–H groups in total. The summed E-state index contributed by atoms with van der Waals surface area (Å²) in [4.78, 5) is 23.9. The Hall–Kier alpha value is -2.49. The summed E-state index contributed by atoms with van der Waals surface area (Å²) in [5, 5.41) is 10.9. The molecule has 1 rings (SSSR count). The number of ether oxygens (including phenoxy) is 1. The molecular formula is C15H16F2N2O3. The molecule has 0 fully saturated rings. The van der Waals surface area contributed by atoms with Gasteiger partial charge in [0.15, 0.2) is 6.10 Å². The Morgan fingerprint density at radius 2 is 1.77 bits per heavy atom. The van der Waals surface area contributed by atoms with E-state index in [9.17, 15) is 18.4 Å². The zero-order valence-corrected chi connectivity index (χ0v) is 12.4. The highest BCUT2D eigenvalue weighted by atomic mass is 19.1. The summed E-state index contributed by atoms with van der Waals surface area (Å²) in [6.07, 6.45) is -0.990. The van der Waals surface area contributed by atoms with Crippen molar-refractivity contribution >= 4 is 11.9 Å². The number of carbonyl (C=O) groups is 2. The summed E-state index contributed by atoms with van der Waals surface area (Å²) in [7, 11) is 0. The fraction of sp³-hybridized carbons (Fsp3) is 0.400. The summed E-state index contributed by atoms with van der Waals surface area (Å²) in [6, 6.07) is 3.61. The lowest BCUT2D eigenvalue weighted by Gasteiger charge is -2.21. The van der Waals surface area contributed by atoms with E-state index in [2.05, 4.69) is 5.32 Å². The third-order valence-electron chi connectivity index (χ3n) is 2.87. The number of carbonyl (C=O) groups excluding carboxylic acids is 2. The van der Waals surface area contributed by atoms with Crippen molar-refractivity contribution in [3.63, 3.8) is 0 Å². The highest BCUT2D eigenvalue weighted by Crippen LogP contribution is 2.14. The standard InChI is InChI=1S/C15H16F2N2O3/c1-8(2)13(15(21)22-9(3)7-18)19-14(20)12-10(16)5-4-6-11(12)17/h4-6,8-9,13H,1-3H3,(H,19,20)/t9-,13-/m0/s1. The van der Waals surface area contributed by atoms with Crippen LogP contribution in [0.25, 0.3) is 0 Å². The van der Waals surface area contributed by atoms with Crippen LogP contribution in [0.1, 0.15) is 31.1 Å². The normalized spacial score (nSPS) is 13.1. The lowest BCUT2D eigenvalue weighted by Crippen LogP contribution is -2.46. The van der Waals surface area contributed by atoms with Gasteiger partial charge >= 0.3 is 5.97 Å². The first kappa shape index (κ1) is 17.6. The minimum absolute atomic E-state index is 0.392. The zero-order valence-electron chi connectivity index (χ0n) is 12.4. The van der Waals surface area contributed by atoms with Crippen LogP contribution in [0.4, 0.5) is 8.78 Å². The number of amides is 1. The first-order valence-electron chi connectivity index (χ1n) is 6.63. The predicted octanol–water partition coefficient (Wildman–Crippen LogP) is 2.17. The van der Waals surface area contributed by atoms with Gasteiger partial charge in [-0.15, -0.1) is 0 Å². The third kappa shape index (κ3) is 4.25. The third-order valence-corrected chi connectivity index (χ3v) is 2.87. The van der Waals surface area contributed by atoms with Crippen molar-refractivity contribution in [3.05, 3.63) is 35.4 Å². The van der Waals surface area contributed by atoms with Crippen molar-refractivity contribution in [2.45, 2.75) is 32.9 Å². The van der Waals surface area contributed by atoms with Crippen molar-refractivity contribution in [1.82, 2.24) is 5.32 Å². The minimum atomic E-state index is -1.12. The summed E-state index contributed by atoms with van der Waals surface area (Å²) >= 11 is 0. The van der Waals surface area contributed by atoms with E-state index in [1.807, 2.05) is 0 Å². The largest absolute Gasteiger partial charge is 0.446 e. The van der Waals surface area contributed by atoms with Gasteiger partial charge in [-0.2, -0.15) is 5.26 Å². The van der Waals surface area contributed by atoms with Crippen LogP contribution in [0.3, 0.4) is 0 Å². The number of nitriles is 1. The molecule has 0 heterocycles. The molecule has 0 aliphatic carbocycles. The quantitative estimate of drug-likeness (QED) is 0.845. The number of benzene rings is 1. The van der Waals surface area contributed by atoms with Crippen LogP contribution in [-0.4, -0.2) is 24.0 Å². The molecule has 0 spiro atoms. The average Bonchev–Trinajstić information content (AvgIpc) is 2.43. The molecule has 22 heavy (non-hydrogen) atoms. The molecule has 1 aromatic rings. The Morgan fingerprint density at radius 1 is 1.23 bits per heavy atom. The molecule has 1 aromatic carbocycles. The number of hydrogen-bond donors (Lipinski definition) is 1. The molecule has 0 radical (unpaired) electrons. The van der Waals surface area contributed by atoms with Crippen molar-refractivity contribution in [2.24, 2.45) is 5.92 Å². The Bertz CT molecular complexity index is 591. The van der Waals surface area contributed by atoms with E-state index in [0.29, 0.717) is 0 Å². The first-order valence-corrected chi connectivity index (χ1v) is 6.63. The van der Waals surface area contributed by atoms with Gasteiger partial charge < -0.3 is 10.1 Å². The van der Waals surface area contributed by atoms with Crippen LogP contribution in [-0.2, 0) is 9.53 Å². The second-order valence-corrected chi connectivity index (χ2v) is 5.00. The molecule has 1 amide bonds. The van der Waals surface area contributed by atoms with Crippen molar-refractivity contribution in [3.8, 4) is 6.07 Å². The molecule has 118 valence electrons. The second kappa shape index (κ2) is 7.50. The molecule has 0 saturated carbocycles. The van der Waals surface area contributed by atoms with Crippen molar-refractivity contribution in [2.75, 3.05) is 0 Å². The smallest absolute Gasteiger partial charge is 0.330 e. The van der Waals surface area contributed by atoms with Gasteiger partial charge in [-0.3, -0.25) is 4.79 Å². The SMILES string of the molecule is CC(C)[C@H](NC(=O)c1c(F)cccc1F)C(=O)O[C@@H](C)C#N. The molecule has 5 nitrogen and oxygen atoms in total. The van der Waals surface area contributed by atoms with Crippen LogP contribution in [0.5, 0.6) is 0 Å². The van der Waals surface area contributed by atoms with Gasteiger partial charge in [0.2, 0.25) is 0 Å². The Kier molecular flexibility index (Phi) is 5.99. The van der Waals surface area contributed by atoms with Crippen LogP contribution >= 0.6 is 0 Å². The van der Waals surface area contributed by atoms with Crippen molar-refractivity contribution in [1.29, 1.82) is 5.26 Å². The van der Waals surface area contributed by atoms with E-state index in [1.54, 1.807) is 19.9 Å². The van der Waals surface area contributed by atoms with Crippen LogP contribution in [0.2, 0.25) is 0 Å². The maximum atomic E-state index is 13.6. The molecule has 0 unspecified atom stereocenters. The fourth-order valence-electron chi connectivity index (χ4n) is 1.70. The number of nitrogens with zero attached hydrogens (tertiary/aromatic N) is 1. The highest BCUT2D eigenvalue weighted by Gasteiger charge is 2.29.